The second-order valence-electron chi connectivity index (χ2n) is 5.91. The van der Waals surface area contributed by atoms with Crippen molar-refractivity contribution in [3.63, 3.8) is 0 Å². The largest absolute Gasteiger partial charge is 0.353 e. The molecule has 2 heterocycles. The summed E-state index contributed by atoms with van der Waals surface area (Å²) < 4.78 is 0. The molecule has 0 radical (unpaired) electrons. The van der Waals surface area contributed by atoms with Gasteiger partial charge in [-0.3, -0.25) is 15.2 Å². The van der Waals surface area contributed by atoms with Crippen LogP contribution in [0.3, 0.4) is 0 Å². The first-order valence-corrected chi connectivity index (χ1v) is 8.01. The first-order valence-electron chi connectivity index (χ1n) is 8.01. The average molecular weight is 332 g/mol. The van der Waals surface area contributed by atoms with Crippen LogP contribution in [0.15, 0.2) is 66.9 Å². The second-order valence-corrected chi connectivity index (χ2v) is 5.91. The monoisotopic (exact) mass is 332 g/mol. The van der Waals surface area contributed by atoms with E-state index in [0.29, 0.717) is 0 Å². The van der Waals surface area contributed by atoms with Crippen LogP contribution >= 0.6 is 0 Å². The number of benzene rings is 2. The molecule has 0 bridgehead atoms. The van der Waals surface area contributed by atoms with Gasteiger partial charge in [-0.1, -0.05) is 48.5 Å². The normalized spacial score (nSPS) is 12.3. The highest BCUT2D eigenvalue weighted by molar-refractivity contribution is 5.91. The quantitative estimate of drug-likeness (QED) is 0.428. The van der Waals surface area contributed by atoms with Gasteiger partial charge in [-0.25, -0.2) is 0 Å². The second kappa shape index (κ2) is 6.24. The summed E-state index contributed by atoms with van der Waals surface area (Å²) >= 11 is 0. The number of para-hydroxylation sites is 1. The molecule has 0 amide bonds. The van der Waals surface area contributed by atoms with E-state index in [9.17, 15) is 10.1 Å². The van der Waals surface area contributed by atoms with Crippen molar-refractivity contribution in [3.8, 4) is 11.4 Å². The van der Waals surface area contributed by atoms with E-state index in [1.54, 1.807) is 6.20 Å². The summed E-state index contributed by atoms with van der Waals surface area (Å²) in [7, 11) is 0. The molecule has 6 heteroatoms. The molecule has 0 saturated heterocycles. The first kappa shape index (κ1) is 15.1. The summed E-state index contributed by atoms with van der Waals surface area (Å²) in [5, 5.41) is 19.4. The highest BCUT2D eigenvalue weighted by atomic mass is 16.6. The van der Waals surface area contributed by atoms with Gasteiger partial charge < -0.3 is 4.98 Å². The molecular formula is C19H16N4O2. The number of hydrogen-bond donors (Lipinski definition) is 2. The fourth-order valence-corrected chi connectivity index (χ4v) is 3.33. The fraction of sp³-hybridized carbons (Fsp3) is 0.105. The number of rotatable bonds is 5. The molecule has 0 aliphatic carbocycles. The molecule has 2 aromatic heterocycles. The lowest BCUT2D eigenvalue weighted by atomic mass is 9.88. The van der Waals surface area contributed by atoms with Gasteiger partial charge in [0.05, 0.1) is 17.3 Å². The topological polar surface area (TPSA) is 87.6 Å². The molecule has 0 saturated carbocycles. The lowest BCUT2D eigenvalue weighted by Gasteiger charge is -2.15. The van der Waals surface area contributed by atoms with Crippen molar-refractivity contribution in [2.45, 2.75) is 5.92 Å². The van der Waals surface area contributed by atoms with E-state index in [1.807, 2.05) is 60.7 Å². The van der Waals surface area contributed by atoms with E-state index in [-0.39, 0.29) is 17.4 Å². The van der Waals surface area contributed by atoms with Crippen LogP contribution in [0.4, 0.5) is 0 Å². The SMILES string of the molecule is O=[N+]([O-])CC(c1ccccc1)c1c(-c2ccn[nH]2)[nH]c2ccccc12. The number of H-pyrrole nitrogens is 2. The third kappa shape index (κ3) is 2.78. The smallest absolute Gasteiger partial charge is 0.214 e. The summed E-state index contributed by atoms with van der Waals surface area (Å²) in [6, 6.07) is 19.3. The molecule has 0 fully saturated rings. The van der Waals surface area contributed by atoms with Gasteiger partial charge in [0.25, 0.3) is 0 Å². The molecule has 0 aliphatic rings. The minimum absolute atomic E-state index is 0.174. The minimum atomic E-state index is -0.356. The number of fused-ring (bicyclic) bond motifs is 1. The zero-order chi connectivity index (χ0) is 17.2. The standard InChI is InChI=1S/C19H16N4O2/c24-23(25)12-15(13-6-2-1-3-7-13)18-14-8-4-5-9-16(14)21-19(18)17-10-11-20-22-17/h1-11,15,21H,12H2,(H,20,22). The van der Waals surface area contributed by atoms with Crippen LogP contribution in [-0.4, -0.2) is 26.6 Å². The van der Waals surface area contributed by atoms with Crippen LogP contribution < -0.4 is 0 Å². The first-order chi connectivity index (χ1) is 12.2. The molecule has 0 spiro atoms. The Morgan fingerprint density at radius 2 is 1.80 bits per heavy atom. The molecule has 0 aliphatic heterocycles. The Bertz CT molecular complexity index is 1010. The number of aromatic amines is 2. The molecule has 4 aromatic rings. The maximum absolute atomic E-state index is 11.4. The Balaban J connectivity index is 1.99. The molecule has 6 nitrogen and oxygen atoms in total. The van der Waals surface area contributed by atoms with Gasteiger partial charge in [0.15, 0.2) is 0 Å². The Labute approximate surface area is 143 Å². The van der Waals surface area contributed by atoms with E-state index < -0.39 is 0 Å². The van der Waals surface area contributed by atoms with Crippen LogP contribution in [-0.2, 0) is 0 Å². The summed E-state index contributed by atoms with van der Waals surface area (Å²) in [5.74, 6) is -0.356. The van der Waals surface area contributed by atoms with E-state index >= 15 is 0 Å². The van der Waals surface area contributed by atoms with Gasteiger partial charge in [0.1, 0.15) is 0 Å². The lowest BCUT2D eigenvalue weighted by molar-refractivity contribution is -0.481. The van der Waals surface area contributed by atoms with Crippen LogP contribution in [0.1, 0.15) is 17.0 Å². The van der Waals surface area contributed by atoms with Gasteiger partial charge in [-0.05, 0) is 17.7 Å². The molecule has 1 unspecified atom stereocenters. The van der Waals surface area contributed by atoms with Crippen molar-refractivity contribution in [2.24, 2.45) is 0 Å². The third-order valence-electron chi connectivity index (χ3n) is 4.40. The van der Waals surface area contributed by atoms with Crippen molar-refractivity contribution in [1.29, 1.82) is 0 Å². The Morgan fingerprint density at radius 1 is 1.04 bits per heavy atom. The maximum atomic E-state index is 11.4. The number of aromatic nitrogens is 3. The zero-order valence-corrected chi connectivity index (χ0v) is 13.3. The average Bonchev–Trinajstić information content (AvgIpc) is 3.28. The zero-order valence-electron chi connectivity index (χ0n) is 13.3. The molecule has 2 aromatic carbocycles. The Morgan fingerprint density at radius 3 is 2.52 bits per heavy atom. The van der Waals surface area contributed by atoms with Gasteiger partial charge in [0.2, 0.25) is 6.54 Å². The van der Waals surface area contributed by atoms with Crippen molar-refractivity contribution in [2.75, 3.05) is 6.54 Å². The molecular weight excluding hydrogens is 316 g/mol. The van der Waals surface area contributed by atoms with Gasteiger partial charge in [-0.15, -0.1) is 0 Å². The number of nitrogens with one attached hydrogen (secondary N) is 2. The maximum Gasteiger partial charge on any atom is 0.214 e. The van der Waals surface area contributed by atoms with Crippen molar-refractivity contribution >= 4 is 10.9 Å². The predicted octanol–water partition coefficient (Wildman–Crippen LogP) is 3.97. The highest BCUT2D eigenvalue weighted by Gasteiger charge is 2.27. The molecule has 25 heavy (non-hydrogen) atoms. The van der Waals surface area contributed by atoms with Crippen molar-refractivity contribution in [1.82, 2.24) is 15.2 Å². The van der Waals surface area contributed by atoms with Crippen molar-refractivity contribution in [3.05, 3.63) is 88.1 Å². The van der Waals surface area contributed by atoms with Crippen LogP contribution in [0.25, 0.3) is 22.3 Å². The van der Waals surface area contributed by atoms with Crippen LogP contribution in [0.5, 0.6) is 0 Å². The van der Waals surface area contributed by atoms with Crippen LogP contribution in [0.2, 0.25) is 0 Å². The third-order valence-corrected chi connectivity index (χ3v) is 4.40. The van der Waals surface area contributed by atoms with E-state index in [1.165, 1.54) is 0 Å². The Hall–Kier alpha value is -3.41. The van der Waals surface area contributed by atoms with E-state index in [4.69, 9.17) is 0 Å². The molecule has 4 rings (SSSR count). The summed E-state index contributed by atoms with van der Waals surface area (Å²) in [5.41, 5.74) is 4.45. The highest BCUT2D eigenvalue weighted by Crippen LogP contribution is 2.38. The van der Waals surface area contributed by atoms with Gasteiger partial charge in [-0.2, -0.15) is 5.10 Å². The molecule has 1 atom stereocenters. The van der Waals surface area contributed by atoms with E-state index in [2.05, 4.69) is 15.2 Å². The number of nitrogens with zero attached hydrogens (tertiary/aromatic N) is 2. The molecule has 124 valence electrons. The lowest BCUT2D eigenvalue weighted by Crippen LogP contribution is -2.14. The van der Waals surface area contributed by atoms with Crippen LogP contribution in [0, 0.1) is 10.1 Å². The fourth-order valence-electron chi connectivity index (χ4n) is 3.33. The predicted molar refractivity (Wildman–Crippen MR) is 96.0 cm³/mol. The summed E-state index contributed by atoms with van der Waals surface area (Å²) in [6.45, 7) is -0.174. The summed E-state index contributed by atoms with van der Waals surface area (Å²) in [4.78, 5) is 14.5. The van der Waals surface area contributed by atoms with Gasteiger partial charge in [0, 0.05) is 27.6 Å². The molecule has 2 N–H and O–H groups in total. The minimum Gasteiger partial charge on any atom is -0.353 e. The number of hydrogen-bond acceptors (Lipinski definition) is 3. The Kier molecular flexibility index (Phi) is 3.78. The summed E-state index contributed by atoms with van der Waals surface area (Å²) in [6.07, 6.45) is 1.68. The number of nitro groups is 1. The van der Waals surface area contributed by atoms with E-state index in [0.717, 1.165) is 33.4 Å². The van der Waals surface area contributed by atoms with Crippen molar-refractivity contribution < 1.29 is 4.92 Å². The van der Waals surface area contributed by atoms with Gasteiger partial charge >= 0.3 is 0 Å².